The van der Waals surface area contributed by atoms with Gasteiger partial charge >= 0.3 is 0 Å². The Labute approximate surface area is 96.3 Å². The lowest BCUT2D eigenvalue weighted by Gasteiger charge is -2.19. The molecule has 0 aliphatic rings. The van der Waals surface area contributed by atoms with E-state index in [4.69, 9.17) is 10.00 Å². The van der Waals surface area contributed by atoms with Crippen LogP contribution in [0.5, 0.6) is 0 Å². The fourth-order valence-electron chi connectivity index (χ4n) is 1.32. The average Bonchev–Trinajstić information content (AvgIpc) is 2.26. The van der Waals surface area contributed by atoms with Gasteiger partial charge in [0.05, 0.1) is 24.7 Å². The first kappa shape index (κ1) is 12.7. The van der Waals surface area contributed by atoms with E-state index in [0.717, 1.165) is 5.56 Å². The van der Waals surface area contributed by atoms with Gasteiger partial charge in [0.25, 0.3) is 0 Å². The van der Waals surface area contributed by atoms with Crippen molar-refractivity contribution in [2.24, 2.45) is 0 Å². The van der Waals surface area contributed by atoms with Crippen molar-refractivity contribution in [3.05, 3.63) is 35.9 Å². The fourth-order valence-corrected chi connectivity index (χ4v) is 1.32. The third-order valence-electron chi connectivity index (χ3n) is 2.36. The van der Waals surface area contributed by atoms with Gasteiger partial charge in [0.2, 0.25) is 0 Å². The van der Waals surface area contributed by atoms with Crippen LogP contribution in [0.1, 0.15) is 25.3 Å². The van der Waals surface area contributed by atoms with Crippen LogP contribution in [0, 0.1) is 11.3 Å². The van der Waals surface area contributed by atoms with Crippen molar-refractivity contribution < 1.29 is 9.84 Å². The zero-order valence-corrected chi connectivity index (χ0v) is 9.52. The molecule has 0 saturated heterocycles. The van der Waals surface area contributed by atoms with E-state index in [1.165, 1.54) is 0 Å². The number of benzene rings is 1. The van der Waals surface area contributed by atoms with Gasteiger partial charge in [-0.1, -0.05) is 30.3 Å². The van der Waals surface area contributed by atoms with Crippen LogP contribution in [0.25, 0.3) is 0 Å². The first-order chi connectivity index (χ1) is 7.64. The average molecular weight is 219 g/mol. The van der Waals surface area contributed by atoms with Crippen LogP contribution in [-0.4, -0.2) is 17.3 Å². The number of aliphatic hydroxyl groups is 1. The number of hydrogen-bond donors (Lipinski definition) is 1. The van der Waals surface area contributed by atoms with Gasteiger partial charge in [-0.25, -0.2) is 0 Å². The molecule has 1 aromatic rings. The third kappa shape index (κ3) is 4.92. The minimum atomic E-state index is -0.939. The van der Waals surface area contributed by atoms with Gasteiger partial charge in [0.15, 0.2) is 0 Å². The standard InChI is InChI=1S/C13H17NO2/c1-13(15,7-9-14)8-10-16-11-12-5-3-2-4-6-12/h2-6,15H,7-8,10-11H2,1H3. The monoisotopic (exact) mass is 219 g/mol. The van der Waals surface area contributed by atoms with Crippen molar-refractivity contribution in [2.45, 2.75) is 32.0 Å². The molecule has 0 fully saturated rings. The van der Waals surface area contributed by atoms with Gasteiger partial charge in [-0.3, -0.25) is 0 Å². The number of nitriles is 1. The van der Waals surface area contributed by atoms with Crippen LogP contribution in [0.15, 0.2) is 30.3 Å². The smallest absolute Gasteiger partial charge is 0.0771 e. The highest BCUT2D eigenvalue weighted by molar-refractivity contribution is 5.13. The van der Waals surface area contributed by atoms with E-state index in [0.29, 0.717) is 19.6 Å². The molecule has 0 aliphatic carbocycles. The Morgan fingerprint density at radius 1 is 1.38 bits per heavy atom. The van der Waals surface area contributed by atoms with Gasteiger partial charge in [0, 0.05) is 13.0 Å². The van der Waals surface area contributed by atoms with E-state index >= 15 is 0 Å². The van der Waals surface area contributed by atoms with Crippen LogP contribution in [0.4, 0.5) is 0 Å². The summed E-state index contributed by atoms with van der Waals surface area (Å²) in [6, 6.07) is 11.8. The van der Waals surface area contributed by atoms with Gasteiger partial charge in [-0.15, -0.1) is 0 Å². The molecule has 16 heavy (non-hydrogen) atoms. The minimum absolute atomic E-state index is 0.141. The summed E-state index contributed by atoms with van der Waals surface area (Å²) in [4.78, 5) is 0. The fraction of sp³-hybridized carbons (Fsp3) is 0.462. The molecule has 1 atom stereocenters. The van der Waals surface area contributed by atoms with Crippen LogP contribution in [0.3, 0.4) is 0 Å². The zero-order chi connectivity index (χ0) is 11.9. The molecule has 1 N–H and O–H groups in total. The molecule has 0 aliphatic heterocycles. The van der Waals surface area contributed by atoms with Crippen LogP contribution in [-0.2, 0) is 11.3 Å². The molecule has 1 aromatic carbocycles. The highest BCUT2D eigenvalue weighted by Crippen LogP contribution is 2.13. The lowest BCUT2D eigenvalue weighted by molar-refractivity contribution is 0.0137. The van der Waals surface area contributed by atoms with Gasteiger partial charge in [-0.05, 0) is 12.5 Å². The minimum Gasteiger partial charge on any atom is -0.389 e. The molecule has 86 valence electrons. The summed E-state index contributed by atoms with van der Waals surface area (Å²) >= 11 is 0. The molecule has 3 nitrogen and oxygen atoms in total. The lowest BCUT2D eigenvalue weighted by Crippen LogP contribution is -2.25. The maximum atomic E-state index is 9.71. The van der Waals surface area contributed by atoms with Crippen molar-refractivity contribution in [3.63, 3.8) is 0 Å². The highest BCUT2D eigenvalue weighted by atomic mass is 16.5. The summed E-state index contributed by atoms with van der Waals surface area (Å²) in [6.45, 7) is 2.66. The van der Waals surface area contributed by atoms with E-state index in [9.17, 15) is 5.11 Å². The summed E-state index contributed by atoms with van der Waals surface area (Å²) in [5.41, 5.74) is 0.174. The molecule has 1 unspecified atom stereocenters. The molecule has 1 rings (SSSR count). The van der Waals surface area contributed by atoms with Gasteiger partial charge < -0.3 is 9.84 Å². The summed E-state index contributed by atoms with van der Waals surface area (Å²) in [7, 11) is 0. The first-order valence-corrected chi connectivity index (χ1v) is 5.35. The topological polar surface area (TPSA) is 53.2 Å². The molecule has 0 amide bonds. The quantitative estimate of drug-likeness (QED) is 0.747. The normalized spacial score (nSPS) is 14.1. The van der Waals surface area contributed by atoms with E-state index in [2.05, 4.69) is 0 Å². The lowest BCUT2D eigenvalue weighted by atomic mass is 10.00. The van der Waals surface area contributed by atoms with Crippen molar-refractivity contribution >= 4 is 0 Å². The Balaban J connectivity index is 2.20. The predicted molar refractivity (Wildman–Crippen MR) is 61.6 cm³/mol. The predicted octanol–water partition coefficient (Wildman–Crippen LogP) is 2.26. The zero-order valence-electron chi connectivity index (χ0n) is 9.52. The Kier molecular flexibility index (Phi) is 4.97. The first-order valence-electron chi connectivity index (χ1n) is 5.35. The number of hydrogen-bond acceptors (Lipinski definition) is 3. The Bertz CT molecular complexity index is 341. The van der Waals surface area contributed by atoms with Crippen LogP contribution in [0.2, 0.25) is 0 Å². The van der Waals surface area contributed by atoms with Crippen molar-refractivity contribution in [1.29, 1.82) is 5.26 Å². The summed E-state index contributed by atoms with van der Waals surface area (Å²) in [5, 5.41) is 18.2. The number of nitrogens with zero attached hydrogens (tertiary/aromatic N) is 1. The van der Waals surface area contributed by atoms with E-state index in [-0.39, 0.29) is 6.42 Å². The third-order valence-corrected chi connectivity index (χ3v) is 2.36. The molecule has 0 radical (unpaired) electrons. The summed E-state index contributed by atoms with van der Waals surface area (Å²) < 4.78 is 5.43. The SMILES string of the molecule is CC(O)(CC#N)CCOCc1ccccc1. The maximum Gasteiger partial charge on any atom is 0.0771 e. The number of rotatable bonds is 6. The molecular formula is C13H17NO2. The summed E-state index contributed by atoms with van der Waals surface area (Å²) in [5.74, 6) is 0. The van der Waals surface area contributed by atoms with Crippen molar-refractivity contribution in [3.8, 4) is 6.07 Å². The molecule has 0 heterocycles. The second-order valence-corrected chi connectivity index (χ2v) is 4.12. The largest absolute Gasteiger partial charge is 0.389 e. The second kappa shape index (κ2) is 6.26. The second-order valence-electron chi connectivity index (χ2n) is 4.12. The number of ether oxygens (including phenoxy) is 1. The molecule has 0 spiro atoms. The Morgan fingerprint density at radius 2 is 2.06 bits per heavy atom. The van der Waals surface area contributed by atoms with E-state index in [1.54, 1.807) is 6.92 Å². The molecule has 0 aromatic heterocycles. The Hall–Kier alpha value is -1.37. The van der Waals surface area contributed by atoms with Crippen LogP contribution < -0.4 is 0 Å². The van der Waals surface area contributed by atoms with E-state index in [1.807, 2.05) is 36.4 Å². The van der Waals surface area contributed by atoms with Gasteiger partial charge in [-0.2, -0.15) is 5.26 Å². The van der Waals surface area contributed by atoms with Gasteiger partial charge in [0.1, 0.15) is 0 Å². The van der Waals surface area contributed by atoms with E-state index < -0.39 is 5.60 Å². The molecule has 0 saturated carbocycles. The summed E-state index contributed by atoms with van der Waals surface area (Å²) in [6.07, 6.45) is 0.620. The van der Waals surface area contributed by atoms with Crippen molar-refractivity contribution in [1.82, 2.24) is 0 Å². The molecule has 3 heteroatoms. The maximum absolute atomic E-state index is 9.71. The molecule has 0 bridgehead atoms. The molecular weight excluding hydrogens is 202 g/mol. The highest BCUT2D eigenvalue weighted by Gasteiger charge is 2.19. The Morgan fingerprint density at radius 3 is 2.69 bits per heavy atom. The van der Waals surface area contributed by atoms with Crippen molar-refractivity contribution in [2.75, 3.05) is 6.61 Å². The van der Waals surface area contributed by atoms with Crippen LogP contribution >= 0.6 is 0 Å².